The first kappa shape index (κ1) is 14.1. The van der Waals surface area contributed by atoms with Crippen molar-refractivity contribution in [3.8, 4) is 0 Å². The van der Waals surface area contributed by atoms with Crippen molar-refractivity contribution in [1.82, 2.24) is 4.90 Å². The summed E-state index contributed by atoms with van der Waals surface area (Å²) in [5.41, 5.74) is 0. The molecule has 1 saturated heterocycles. The van der Waals surface area contributed by atoms with Crippen LogP contribution in [-0.4, -0.2) is 29.6 Å². The third-order valence-corrected chi connectivity index (χ3v) is 5.78. The lowest BCUT2D eigenvalue weighted by Gasteiger charge is -2.22. The lowest BCUT2D eigenvalue weighted by atomic mass is 10.0. The number of carbonyl (C=O) groups excluding carboxylic acids is 1. The summed E-state index contributed by atoms with van der Waals surface area (Å²) >= 11 is 1.92. The van der Waals surface area contributed by atoms with Gasteiger partial charge in [-0.05, 0) is 37.3 Å². The lowest BCUT2D eigenvalue weighted by molar-refractivity contribution is -0.131. The Morgan fingerprint density at radius 3 is 2.90 bits per heavy atom. The van der Waals surface area contributed by atoms with Gasteiger partial charge in [0.25, 0.3) is 0 Å². The Hall–Kier alpha value is -0.900. The Morgan fingerprint density at radius 2 is 2.15 bits per heavy atom. The van der Waals surface area contributed by atoms with Crippen LogP contribution in [0, 0.1) is 5.92 Å². The van der Waals surface area contributed by atoms with Crippen molar-refractivity contribution >= 4 is 17.7 Å². The van der Waals surface area contributed by atoms with Gasteiger partial charge in [-0.3, -0.25) is 4.79 Å². The van der Waals surface area contributed by atoms with E-state index in [0.29, 0.717) is 17.1 Å². The van der Waals surface area contributed by atoms with Crippen LogP contribution >= 0.6 is 11.8 Å². The van der Waals surface area contributed by atoms with Crippen LogP contribution in [0.1, 0.15) is 49.5 Å². The summed E-state index contributed by atoms with van der Waals surface area (Å²) in [4.78, 5) is 14.5. The van der Waals surface area contributed by atoms with Crippen LogP contribution in [0.3, 0.4) is 0 Å². The van der Waals surface area contributed by atoms with Crippen molar-refractivity contribution in [3.05, 3.63) is 24.2 Å². The Balaban J connectivity index is 1.52. The summed E-state index contributed by atoms with van der Waals surface area (Å²) in [5, 5.41) is 0.411. The number of thioether (sulfide) groups is 1. The van der Waals surface area contributed by atoms with Gasteiger partial charge < -0.3 is 9.32 Å². The number of carbonyl (C=O) groups is 1. The van der Waals surface area contributed by atoms with Crippen LogP contribution in [0.15, 0.2) is 22.8 Å². The first-order valence-electron chi connectivity index (χ1n) is 7.75. The molecule has 1 saturated carbocycles. The third-order valence-electron chi connectivity index (χ3n) is 4.49. The molecule has 2 heterocycles. The molecule has 0 aromatic carbocycles. The maximum atomic E-state index is 12.4. The van der Waals surface area contributed by atoms with Gasteiger partial charge in [-0.25, -0.2) is 0 Å². The second-order valence-corrected chi connectivity index (χ2v) is 7.21. The molecule has 2 fully saturated rings. The molecule has 1 amide bonds. The molecule has 3 rings (SSSR count). The van der Waals surface area contributed by atoms with Crippen molar-refractivity contribution < 1.29 is 9.21 Å². The molecule has 0 radical (unpaired) electrons. The topological polar surface area (TPSA) is 33.5 Å². The highest BCUT2D eigenvalue weighted by atomic mass is 32.2. The van der Waals surface area contributed by atoms with Crippen LogP contribution in [0.5, 0.6) is 0 Å². The van der Waals surface area contributed by atoms with E-state index in [1.807, 2.05) is 23.9 Å². The fourth-order valence-corrected chi connectivity index (χ4v) is 4.49. The Morgan fingerprint density at radius 1 is 1.30 bits per heavy atom. The molecule has 1 aliphatic carbocycles. The maximum absolute atomic E-state index is 12.4. The second-order valence-electron chi connectivity index (χ2n) is 5.90. The minimum Gasteiger partial charge on any atom is -0.468 e. The summed E-state index contributed by atoms with van der Waals surface area (Å²) in [6.07, 6.45) is 8.66. The van der Waals surface area contributed by atoms with Crippen LogP contribution in [0.4, 0.5) is 0 Å². The summed E-state index contributed by atoms with van der Waals surface area (Å²) in [7, 11) is 0. The molecule has 4 heteroatoms. The standard InChI is InChI=1S/C16H23NO2S/c18-16(12-13-4-1-2-5-13)17-8-7-15(20-11-9-17)14-6-3-10-19-14/h3,6,10,13,15H,1-2,4-5,7-9,11-12H2. The molecule has 0 spiro atoms. The predicted octanol–water partition coefficient (Wildman–Crippen LogP) is 3.87. The molecule has 0 N–H and O–H groups in total. The van der Waals surface area contributed by atoms with E-state index in [2.05, 4.69) is 4.90 Å². The fourth-order valence-electron chi connectivity index (χ4n) is 3.31. The normalized spacial score (nSPS) is 24.8. The van der Waals surface area contributed by atoms with E-state index in [0.717, 1.165) is 37.4 Å². The monoisotopic (exact) mass is 293 g/mol. The van der Waals surface area contributed by atoms with Crippen LogP contribution in [0.25, 0.3) is 0 Å². The molecule has 110 valence electrons. The first-order valence-corrected chi connectivity index (χ1v) is 8.80. The minimum absolute atomic E-state index is 0.373. The molecular weight excluding hydrogens is 270 g/mol. The lowest BCUT2D eigenvalue weighted by Crippen LogP contribution is -2.33. The molecule has 2 aliphatic rings. The summed E-state index contributed by atoms with van der Waals surface area (Å²) in [6, 6.07) is 4.00. The highest BCUT2D eigenvalue weighted by molar-refractivity contribution is 7.99. The van der Waals surface area contributed by atoms with Gasteiger partial charge in [0.05, 0.1) is 11.5 Å². The van der Waals surface area contributed by atoms with Gasteiger partial charge in [0.2, 0.25) is 5.91 Å². The van der Waals surface area contributed by atoms with Gasteiger partial charge in [-0.15, -0.1) is 11.8 Å². The zero-order valence-corrected chi connectivity index (χ0v) is 12.7. The van der Waals surface area contributed by atoms with Crippen LogP contribution < -0.4 is 0 Å². The summed E-state index contributed by atoms with van der Waals surface area (Å²) in [5.74, 6) is 3.10. The van der Waals surface area contributed by atoms with Crippen molar-refractivity contribution in [2.75, 3.05) is 18.8 Å². The largest absolute Gasteiger partial charge is 0.468 e. The maximum Gasteiger partial charge on any atom is 0.222 e. The second kappa shape index (κ2) is 6.70. The zero-order valence-electron chi connectivity index (χ0n) is 11.9. The number of hydrogen-bond donors (Lipinski definition) is 0. The Bertz CT molecular complexity index is 426. The van der Waals surface area contributed by atoms with Crippen molar-refractivity contribution in [2.24, 2.45) is 5.92 Å². The number of rotatable bonds is 3. The number of amides is 1. The van der Waals surface area contributed by atoms with Gasteiger partial charge >= 0.3 is 0 Å². The molecular formula is C16H23NO2S. The quantitative estimate of drug-likeness (QED) is 0.848. The predicted molar refractivity (Wildman–Crippen MR) is 81.7 cm³/mol. The van der Waals surface area contributed by atoms with Gasteiger partial charge in [0, 0.05) is 25.3 Å². The first-order chi connectivity index (χ1) is 9.83. The van der Waals surface area contributed by atoms with Crippen LogP contribution in [-0.2, 0) is 4.79 Å². The minimum atomic E-state index is 0.373. The van der Waals surface area contributed by atoms with E-state index in [1.165, 1.54) is 25.7 Å². The van der Waals surface area contributed by atoms with Gasteiger partial charge in [-0.1, -0.05) is 12.8 Å². The average Bonchev–Trinajstić information content (AvgIpc) is 3.09. The molecule has 20 heavy (non-hydrogen) atoms. The molecule has 1 aromatic heterocycles. The summed E-state index contributed by atoms with van der Waals surface area (Å²) in [6.45, 7) is 1.78. The van der Waals surface area contributed by atoms with Crippen molar-refractivity contribution in [1.29, 1.82) is 0 Å². The molecule has 1 unspecified atom stereocenters. The SMILES string of the molecule is O=C(CC1CCCC1)N1CCSC(c2ccco2)CC1. The summed E-state index contributed by atoms with van der Waals surface area (Å²) < 4.78 is 5.51. The average molecular weight is 293 g/mol. The molecule has 1 atom stereocenters. The highest BCUT2D eigenvalue weighted by Crippen LogP contribution is 2.35. The van der Waals surface area contributed by atoms with E-state index in [-0.39, 0.29) is 0 Å². The van der Waals surface area contributed by atoms with E-state index >= 15 is 0 Å². The smallest absolute Gasteiger partial charge is 0.222 e. The van der Waals surface area contributed by atoms with Crippen LogP contribution in [0.2, 0.25) is 0 Å². The van der Waals surface area contributed by atoms with Gasteiger partial charge in [-0.2, -0.15) is 0 Å². The Kier molecular flexibility index (Phi) is 4.71. The van der Waals surface area contributed by atoms with Crippen molar-refractivity contribution in [3.63, 3.8) is 0 Å². The number of nitrogens with zero attached hydrogens (tertiary/aromatic N) is 1. The molecule has 0 bridgehead atoms. The van der Waals surface area contributed by atoms with Gasteiger partial charge in [0.15, 0.2) is 0 Å². The number of furan rings is 1. The van der Waals surface area contributed by atoms with Crippen molar-refractivity contribution in [2.45, 2.75) is 43.8 Å². The third kappa shape index (κ3) is 3.40. The molecule has 1 aromatic rings. The van der Waals surface area contributed by atoms with E-state index in [9.17, 15) is 4.79 Å². The van der Waals surface area contributed by atoms with Gasteiger partial charge in [0.1, 0.15) is 5.76 Å². The Labute approximate surface area is 125 Å². The molecule has 1 aliphatic heterocycles. The van der Waals surface area contributed by atoms with E-state index < -0.39 is 0 Å². The fraction of sp³-hybridized carbons (Fsp3) is 0.688. The molecule has 3 nitrogen and oxygen atoms in total. The van der Waals surface area contributed by atoms with E-state index in [4.69, 9.17) is 4.42 Å². The van der Waals surface area contributed by atoms with E-state index in [1.54, 1.807) is 6.26 Å². The zero-order chi connectivity index (χ0) is 13.8. The highest BCUT2D eigenvalue weighted by Gasteiger charge is 2.26. The number of hydrogen-bond acceptors (Lipinski definition) is 3.